The summed E-state index contributed by atoms with van der Waals surface area (Å²) in [5.74, 6) is 2.40. The minimum absolute atomic E-state index is 0.649. The van der Waals surface area contributed by atoms with Crippen molar-refractivity contribution in [3.05, 3.63) is 222 Å². The first-order valence-electron chi connectivity index (χ1n) is 19.4. The van der Waals surface area contributed by atoms with Gasteiger partial charge in [-0.15, -0.1) is 0 Å². The third-order valence-corrected chi connectivity index (χ3v) is 11.9. The molecule has 4 heteroatoms. The molecule has 0 radical (unpaired) electrons. The maximum Gasteiger partial charge on any atom is 0.160 e. The van der Waals surface area contributed by atoms with Crippen molar-refractivity contribution in [3.8, 4) is 62.2 Å². The molecule has 2 aromatic heterocycles. The molecule has 3 heterocycles. The van der Waals surface area contributed by atoms with Crippen LogP contribution in [0.25, 0.3) is 72.5 Å². The Bertz CT molecular complexity index is 3120. The van der Waals surface area contributed by atoms with Gasteiger partial charge in [0.2, 0.25) is 0 Å². The fraction of sp³-hybridized carbons (Fsp3) is 0.0189. The van der Waals surface area contributed by atoms with Gasteiger partial charge in [0.05, 0.1) is 27.8 Å². The van der Waals surface area contributed by atoms with E-state index in [0.717, 1.165) is 56.4 Å². The summed E-state index contributed by atoms with van der Waals surface area (Å²) >= 11 is 0. The van der Waals surface area contributed by atoms with E-state index in [1.807, 2.05) is 6.07 Å². The minimum atomic E-state index is -0.649. The summed E-state index contributed by atoms with van der Waals surface area (Å²) < 4.78 is 8.99. The van der Waals surface area contributed by atoms with Crippen LogP contribution in [0.4, 0.5) is 0 Å². The molecule has 2 aliphatic rings. The summed E-state index contributed by atoms with van der Waals surface area (Å²) in [4.78, 5) is 10.9. The van der Waals surface area contributed by atoms with Gasteiger partial charge >= 0.3 is 0 Å². The van der Waals surface area contributed by atoms with Gasteiger partial charge in [0.1, 0.15) is 11.5 Å². The molecule has 12 rings (SSSR count). The molecule has 0 atom stereocenters. The van der Waals surface area contributed by atoms with Crippen LogP contribution in [-0.4, -0.2) is 14.5 Å². The number of hydrogen-bond donors (Lipinski definition) is 0. The first kappa shape index (κ1) is 31.8. The highest BCUT2D eigenvalue weighted by Crippen LogP contribution is 2.63. The lowest BCUT2D eigenvalue weighted by atomic mass is 9.65. The lowest BCUT2D eigenvalue weighted by Gasteiger charge is -2.40. The zero-order chi connectivity index (χ0) is 37.5. The lowest BCUT2D eigenvalue weighted by Crippen LogP contribution is -2.32. The van der Waals surface area contributed by atoms with E-state index in [9.17, 15) is 0 Å². The number of para-hydroxylation sites is 4. The SMILES string of the molecule is c1ccc(-c2cc(-c3ccc(-n4c5ccccc5c5ccccc54)cc3)nc(-c3cccc4c3C3(c5ccccc5Oc5ccccc53)c3ccccc3-4)n2)cc1. The molecular formula is C53H33N3O. The highest BCUT2D eigenvalue weighted by atomic mass is 16.5. The fourth-order valence-corrected chi connectivity index (χ4v) is 9.56. The maximum atomic E-state index is 6.64. The van der Waals surface area contributed by atoms with Gasteiger partial charge in [-0.3, -0.25) is 0 Å². The van der Waals surface area contributed by atoms with E-state index in [2.05, 4.69) is 199 Å². The van der Waals surface area contributed by atoms with Crippen LogP contribution >= 0.6 is 0 Å². The van der Waals surface area contributed by atoms with Crippen molar-refractivity contribution in [2.75, 3.05) is 0 Å². The Kier molecular flexibility index (Phi) is 6.81. The van der Waals surface area contributed by atoms with Gasteiger partial charge in [-0.25, -0.2) is 9.97 Å². The molecule has 0 bridgehead atoms. The molecule has 1 aliphatic carbocycles. The van der Waals surface area contributed by atoms with Crippen LogP contribution in [0.3, 0.4) is 0 Å². The van der Waals surface area contributed by atoms with Gasteiger partial charge < -0.3 is 9.30 Å². The molecule has 0 fully saturated rings. The van der Waals surface area contributed by atoms with Gasteiger partial charge in [0.25, 0.3) is 0 Å². The predicted octanol–water partition coefficient (Wildman–Crippen LogP) is 13.0. The first-order chi connectivity index (χ1) is 28.3. The van der Waals surface area contributed by atoms with E-state index in [1.54, 1.807) is 0 Å². The molecule has 1 spiro atoms. The molecule has 266 valence electrons. The first-order valence-corrected chi connectivity index (χ1v) is 19.4. The van der Waals surface area contributed by atoms with Crippen LogP contribution in [0.5, 0.6) is 11.5 Å². The van der Waals surface area contributed by atoms with Crippen LogP contribution in [0.15, 0.2) is 200 Å². The highest BCUT2D eigenvalue weighted by Gasteiger charge is 2.52. The number of nitrogens with zero attached hydrogens (tertiary/aromatic N) is 3. The second-order valence-corrected chi connectivity index (χ2v) is 14.9. The molecule has 8 aromatic carbocycles. The summed E-state index contributed by atoms with van der Waals surface area (Å²) in [6.07, 6.45) is 0. The normalized spacial score (nSPS) is 13.2. The van der Waals surface area contributed by atoms with E-state index in [-0.39, 0.29) is 0 Å². The maximum absolute atomic E-state index is 6.64. The molecule has 0 saturated heterocycles. The number of rotatable bonds is 4. The van der Waals surface area contributed by atoms with E-state index in [0.29, 0.717) is 5.82 Å². The third-order valence-electron chi connectivity index (χ3n) is 11.9. The zero-order valence-electron chi connectivity index (χ0n) is 30.8. The Morgan fingerprint density at radius 3 is 1.58 bits per heavy atom. The summed E-state index contributed by atoms with van der Waals surface area (Å²) in [5.41, 5.74) is 14.6. The number of benzene rings is 8. The van der Waals surface area contributed by atoms with Gasteiger partial charge in [0, 0.05) is 44.3 Å². The Hall–Kier alpha value is -7.56. The molecule has 10 aromatic rings. The van der Waals surface area contributed by atoms with Crippen molar-refractivity contribution in [1.29, 1.82) is 0 Å². The number of ether oxygens (including phenoxy) is 1. The van der Waals surface area contributed by atoms with E-state index in [1.165, 1.54) is 44.1 Å². The average molecular weight is 728 g/mol. The van der Waals surface area contributed by atoms with Crippen molar-refractivity contribution < 1.29 is 4.74 Å². The molecule has 0 N–H and O–H groups in total. The highest BCUT2D eigenvalue weighted by molar-refractivity contribution is 6.09. The van der Waals surface area contributed by atoms with Gasteiger partial charge in [0.15, 0.2) is 5.82 Å². The fourth-order valence-electron chi connectivity index (χ4n) is 9.56. The smallest absolute Gasteiger partial charge is 0.160 e. The van der Waals surface area contributed by atoms with Crippen LogP contribution in [0.1, 0.15) is 22.3 Å². The summed E-state index contributed by atoms with van der Waals surface area (Å²) in [6, 6.07) is 71.0. The Balaban J connectivity index is 1.09. The van der Waals surface area contributed by atoms with E-state index >= 15 is 0 Å². The minimum Gasteiger partial charge on any atom is -0.457 e. The van der Waals surface area contributed by atoms with Gasteiger partial charge in [-0.2, -0.15) is 0 Å². The second kappa shape index (κ2) is 12.2. The van der Waals surface area contributed by atoms with Gasteiger partial charge in [-0.05, 0) is 64.7 Å². The van der Waals surface area contributed by atoms with Gasteiger partial charge in [-0.1, -0.05) is 158 Å². The monoisotopic (exact) mass is 727 g/mol. The number of hydrogen-bond acceptors (Lipinski definition) is 3. The van der Waals surface area contributed by atoms with Crippen molar-refractivity contribution in [2.45, 2.75) is 5.41 Å². The third kappa shape index (κ3) is 4.56. The molecule has 0 unspecified atom stereocenters. The summed E-state index contributed by atoms with van der Waals surface area (Å²) in [5, 5.41) is 2.49. The number of fused-ring (bicyclic) bond motifs is 12. The van der Waals surface area contributed by atoms with Crippen molar-refractivity contribution >= 4 is 21.8 Å². The van der Waals surface area contributed by atoms with E-state index < -0.39 is 5.41 Å². The molecular weight excluding hydrogens is 695 g/mol. The predicted molar refractivity (Wildman–Crippen MR) is 230 cm³/mol. The van der Waals surface area contributed by atoms with Crippen molar-refractivity contribution in [3.63, 3.8) is 0 Å². The van der Waals surface area contributed by atoms with Crippen molar-refractivity contribution in [2.24, 2.45) is 0 Å². The van der Waals surface area contributed by atoms with E-state index in [4.69, 9.17) is 14.7 Å². The van der Waals surface area contributed by atoms with Crippen LogP contribution in [0, 0.1) is 0 Å². The average Bonchev–Trinajstić information content (AvgIpc) is 3.78. The number of aromatic nitrogens is 3. The van der Waals surface area contributed by atoms with Crippen LogP contribution in [0.2, 0.25) is 0 Å². The second-order valence-electron chi connectivity index (χ2n) is 14.9. The molecule has 0 saturated carbocycles. The topological polar surface area (TPSA) is 39.9 Å². The molecule has 57 heavy (non-hydrogen) atoms. The Labute approximate surface area is 330 Å². The summed E-state index contributed by atoms with van der Waals surface area (Å²) in [7, 11) is 0. The zero-order valence-corrected chi connectivity index (χ0v) is 30.8. The molecule has 4 nitrogen and oxygen atoms in total. The summed E-state index contributed by atoms with van der Waals surface area (Å²) in [6.45, 7) is 0. The Morgan fingerprint density at radius 2 is 0.912 bits per heavy atom. The standard InChI is InChI=1S/C53H33N3O/c1-2-15-34(16-3-1)45-33-46(35-29-31-36(32-30-35)56-47-25-10-5-18-38(47)39-19-6-11-26-48(39)56)55-52(54-45)41-21-14-20-40-37-17-4-7-22-42(37)53(51(40)41)43-23-8-12-27-49(43)57-50-28-13-9-24-44(50)53/h1-33H. The van der Waals surface area contributed by atoms with Crippen LogP contribution in [-0.2, 0) is 5.41 Å². The Morgan fingerprint density at radius 1 is 0.404 bits per heavy atom. The van der Waals surface area contributed by atoms with Crippen LogP contribution < -0.4 is 4.74 Å². The molecule has 0 amide bonds. The lowest BCUT2D eigenvalue weighted by molar-refractivity contribution is 0.436. The largest absolute Gasteiger partial charge is 0.457 e. The molecule has 1 aliphatic heterocycles. The van der Waals surface area contributed by atoms with Crippen molar-refractivity contribution in [1.82, 2.24) is 14.5 Å². The quantitative estimate of drug-likeness (QED) is 0.181.